The number of ether oxygens (including phenoxy) is 2. The van der Waals surface area contributed by atoms with Crippen LogP contribution in [0.25, 0.3) is 17.1 Å². The molecule has 174 valence electrons. The van der Waals surface area contributed by atoms with Gasteiger partial charge in [-0.3, -0.25) is 9.36 Å². The Labute approximate surface area is 203 Å². The van der Waals surface area contributed by atoms with E-state index in [9.17, 15) is 4.79 Å². The molecule has 1 amide bonds. The van der Waals surface area contributed by atoms with Crippen LogP contribution >= 0.6 is 11.8 Å². The summed E-state index contributed by atoms with van der Waals surface area (Å²) in [6.07, 6.45) is 0. The van der Waals surface area contributed by atoms with E-state index in [4.69, 9.17) is 9.47 Å². The Balaban J connectivity index is 1.61. The van der Waals surface area contributed by atoms with Crippen molar-refractivity contribution in [3.63, 3.8) is 0 Å². The number of carbonyl (C=O) groups excluding carboxylic acids is 1. The molecule has 7 nitrogen and oxygen atoms in total. The van der Waals surface area contributed by atoms with Gasteiger partial charge in [-0.2, -0.15) is 0 Å². The van der Waals surface area contributed by atoms with Gasteiger partial charge in [0.05, 0.1) is 31.3 Å². The Morgan fingerprint density at radius 3 is 2.44 bits per heavy atom. The highest BCUT2D eigenvalue weighted by atomic mass is 32.2. The minimum absolute atomic E-state index is 0.151. The zero-order chi connectivity index (χ0) is 24.1. The fourth-order valence-electron chi connectivity index (χ4n) is 3.51. The van der Waals surface area contributed by atoms with E-state index in [2.05, 4.69) is 15.5 Å². The second kappa shape index (κ2) is 10.4. The van der Waals surface area contributed by atoms with Gasteiger partial charge in [0.2, 0.25) is 5.91 Å². The van der Waals surface area contributed by atoms with Crippen LogP contribution in [-0.2, 0) is 4.79 Å². The van der Waals surface area contributed by atoms with Crippen LogP contribution in [0.15, 0.2) is 71.9 Å². The molecule has 0 aliphatic carbocycles. The smallest absolute Gasteiger partial charge is 0.234 e. The molecule has 1 N–H and O–H groups in total. The van der Waals surface area contributed by atoms with Gasteiger partial charge in [-0.15, -0.1) is 10.2 Å². The number of carbonyl (C=O) groups is 1. The van der Waals surface area contributed by atoms with Gasteiger partial charge in [0.25, 0.3) is 0 Å². The summed E-state index contributed by atoms with van der Waals surface area (Å²) in [5.74, 6) is 1.88. The summed E-state index contributed by atoms with van der Waals surface area (Å²) in [4.78, 5) is 12.8. The lowest BCUT2D eigenvalue weighted by molar-refractivity contribution is -0.113. The second-order valence-electron chi connectivity index (χ2n) is 7.70. The monoisotopic (exact) mass is 474 g/mol. The average Bonchev–Trinajstić information content (AvgIpc) is 3.27. The Morgan fingerprint density at radius 2 is 1.74 bits per heavy atom. The van der Waals surface area contributed by atoms with E-state index < -0.39 is 0 Å². The molecule has 0 aliphatic rings. The largest absolute Gasteiger partial charge is 0.497 e. The first-order valence-electron chi connectivity index (χ1n) is 10.7. The summed E-state index contributed by atoms with van der Waals surface area (Å²) in [6, 6.07) is 21.5. The van der Waals surface area contributed by atoms with Crippen molar-refractivity contribution in [2.75, 3.05) is 25.3 Å². The lowest BCUT2D eigenvalue weighted by Crippen LogP contribution is -2.15. The Kier molecular flexibility index (Phi) is 7.18. The number of hydrogen-bond donors (Lipinski definition) is 1. The molecule has 0 bridgehead atoms. The quantitative estimate of drug-likeness (QED) is 0.349. The van der Waals surface area contributed by atoms with Crippen molar-refractivity contribution in [2.45, 2.75) is 19.0 Å². The molecule has 3 aromatic carbocycles. The first kappa shape index (κ1) is 23.4. The van der Waals surface area contributed by atoms with E-state index in [0.29, 0.717) is 22.3 Å². The molecule has 8 heteroatoms. The van der Waals surface area contributed by atoms with Crippen molar-refractivity contribution in [3.05, 3.63) is 77.9 Å². The number of para-hydroxylation sites is 1. The van der Waals surface area contributed by atoms with Gasteiger partial charge < -0.3 is 14.8 Å². The van der Waals surface area contributed by atoms with Crippen molar-refractivity contribution >= 4 is 23.4 Å². The minimum atomic E-state index is -0.187. The fraction of sp³-hybridized carbons (Fsp3) is 0.192. The van der Waals surface area contributed by atoms with Gasteiger partial charge in [-0.05, 0) is 37.6 Å². The van der Waals surface area contributed by atoms with Gasteiger partial charge >= 0.3 is 0 Å². The van der Waals surface area contributed by atoms with Gasteiger partial charge in [0.15, 0.2) is 11.0 Å². The van der Waals surface area contributed by atoms with Crippen molar-refractivity contribution < 1.29 is 14.3 Å². The zero-order valence-corrected chi connectivity index (χ0v) is 20.3. The maximum atomic E-state index is 12.8. The predicted octanol–water partition coefficient (Wildman–Crippen LogP) is 5.30. The summed E-state index contributed by atoms with van der Waals surface area (Å²) >= 11 is 1.33. The molecule has 4 aromatic rings. The van der Waals surface area contributed by atoms with E-state index in [1.165, 1.54) is 17.3 Å². The number of thioether (sulfide) groups is 1. The van der Waals surface area contributed by atoms with Gasteiger partial charge in [-0.25, -0.2) is 0 Å². The highest BCUT2D eigenvalue weighted by molar-refractivity contribution is 7.99. The second-order valence-corrected chi connectivity index (χ2v) is 8.64. The maximum Gasteiger partial charge on any atom is 0.234 e. The van der Waals surface area contributed by atoms with Crippen LogP contribution in [-0.4, -0.2) is 40.6 Å². The van der Waals surface area contributed by atoms with Crippen LogP contribution in [0, 0.1) is 13.8 Å². The van der Waals surface area contributed by atoms with E-state index >= 15 is 0 Å². The number of amides is 1. The Bertz CT molecular complexity index is 1300. The number of nitrogens with one attached hydrogen (secondary N) is 1. The topological polar surface area (TPSA) is 78.3 Å². The molecule has 0 aliphatic heterocycles. The predicted molar refractivity (Wildman–Crippen MR) is 135 cm³/mol. The summed E-state index contributed by atoms with van der Waals surface area (Å²) in [6.45, 7) is 4.09. The molecule has 0 radical (unpaired) electrons. The van der Waals surface area contributed by atoms with Gasteiger partial charge in [0.1, 0.15) is 11.5 Å². The number of hydrogen-bond acceptors (Lipinski definition) is 6. The number of aromatic nitrogens is 3. The van der Waals surface area contributed by atoms with Crippen molar-refractivity contribution in [2.24, 2.45) is 0 Å². The van der Waals surface area contributed by atoms with Crippen LogP contribution in [0.3, 0.4) is 0 Å². The van der Waals surface area contributed by atoms with Crippen LogP contribution in [0.1, 0.15) is 11.1 Å². The Hall–Kier alpha value is -3.78. The lowest BCUT2D eigenvalue weighted by atomic mass is 10.1. The summed E-state index contributed by atoms with van der Waals surface area (Å²) in [7, 11) is 3.14. The van der Waals surface area contributed by atoms with E-state index in [0.717, 1.165) is 22.6 Å². The molecule has 0 saturated carbocycles. The van der Waals surface area contributed by atoms with E-state index in [1.807, 2.05) is 66.9 Å². The molecule has 1 aromatic heterocycles. The molecular weight excluding hydrogens is 448 g/mol. The normalized spacial score (nSPS) is 10.7. The third kappa shape index (κ3) is 5.07. The molecule has 0 atom stereocenters. The SMILES string of the molecule is COc1ccc(OC)c(NC(=O)CSc2nnc(-c3ccc(C)cc3)n2-c2ccccc2C)c1. The Morgan fingerprint density at radius 1 is 0.971 bits per heavy atom. The van der Waals surface area contributed by atoms with Crippen LogP contribution in [0.2, 0.25) is 0 Å². The lowest BCUT2D eigenvalue weighted by Gasteiger charge is -2.14. The number of anilines is 1. The van der Waals surface area contributed by atoms with Crippen LogP contribution < -0.4 is 14.8 Å². The molecular formula is C26H26N4O3S. The van der Waals surface area contributed by atoms with Gasteiger partial charge in [-0.1, -0.05) is 59.8 Å². The standard InChI is InChI=1S/C26H26N4O3S/c1-17-9-11-19(12-10-17)25-28-29-26(30(25)22-8-6-5-7-18(22)2)34-16-24(31)27-21-15-20(32-3)13-14-23(21)33-4/h5-15H,16H2,1-4H3,(H,27,31). The molecule has 0 saturated heterocycles. The maximum absolute atomic E-state index is 12.8. The fourth-order valence-corrected chi connectivity index (χ4v) is 4.26. The number of rotatable bonds is 8. The van der Waals surface area contributed by atoms with Crippen molar-refractivity contribution in [1.29, 1.82) is 0 Å². The number of aryl methyl sites for hydroxylation is 2. The highest BCUT2D eigenvalue weighted by Crippen LogP contribution is 2.31. The number of nitrogens with zero attached hydrogens (tertiary/aromatic N) is 3. The summed E-state index contributed by atoms with van der Waals surface area (Å²) in [5.41, 5.74) is 4.74. The third-order valence-electron chi connectivity index (χ3n) is 5.31. The molecule has 0 spiro atoms. The number of benzene rings is 3. The molecule has 1 heterocycles. The first-order valence-corrected chi connectivity index (χ1v) is 11.7. The third-order valence-corrected chi connectivity index (χ3v) is 6.24. The van der Waals surface area contributed by atoms with Crippen molar-refractivity contribution in [3.8, 4) is 28.6 Å². The molecule has 0 fully saturated rings. The van der Waals surface area contributed by atoms with E-state index in [1.54, 1.807) is 32.4 Å². The zero-order valence-electron chi connectivity index (χ0n) is 19.5. The highest BCUT2D eigenvalue weighted by Gasteiger charge is 2.19. The van der Waals surface area contributed by atoms with Crippen LogP contribution in [0.5, 0.6) is 11.5 Å². The van der Waals surface area contributed by atoms with Gasteiger partial charge in [0, 0.05) is 11.6 Å². The first-order chi connectivity index (χ1) is 16.5. The van der Waals surface area contributed by atoms with Crippen LogP contribution in [0.4, 0.5) is 5.69 Å². The average molecular weight is 475 g/mol. The number of methoxy groups -OCH3 is 2. The van der Waals surface area contributed by atoms with Crippen molar-refractivity contribution in [1.82, 2.24) is 14.8 Å². The molecule has 0 unspecified atom stereocenters. The van der Waals surface area contributed by atoms with E-state index in [-0.39, 0.29) is 11.7 Å². The molecule has 4 rings (SSSR count). The minimum Gasteiger partial charge on any atom is -0.497 e. The summed E-state index contributed by atoms with van der Waals surface area (Å²) in [5, 5.41) is 12.4. The molecule has 34 heavy (non-hydrogen) atoms. The summed E-state index contributed by atoms with van der Waals surface area (Å²) < 4.78 is 12.6.